The van der Waals surface area contributed by atoms with Gasteiger partial charge >= 0.3 is 0 Å². The van der Waals surface area contributed by atoms with Crippen LogP contribution >= 0.6 is 22.9 Å². The maximum absolute atomic E-state index is 6.31. The summed E-state index contributed by atoms with van der Waals surface area (Å²) >= 11 is 8.03. The maximum Gasteiger partial charge on any atom is 0.152 e. The van der Waals surface area contributed by atoms with Gasteiger partial charge < -0.3 is 4.74 Å². The van der Waals surface area contributed by atoms with E-state index in [1.807, 2.05) is 24.3 Å². The van der Waals surface area contributed by atoms with Crippen LogP contribution in [0.1, 0.15) is 5.56 Å². The van der Waals surface area contributed by atoms with Crippen molar-refractivity contribution in [2.75, 3.05) is 0 Å². The molecule has 0 spiro atoms. The monoisotopic (exact) mass is 285 g/mol. The molecule has 2 aromatic rings. The predicted octanol–water partition coefficient (Wildman–Crippen LogP) is 2.49. The van der Waals surface area contributed by atoms with Crippen molar-refractivity contribution in [1.82, 2.24) is 4.98 Å². The Labute approximate surface area is 117 Å². The van der Waals surface area contributed by atoms with E-state index >= 15 is 0 Å². The molecule has 0 bridgehead atoms. The Kier molecular flexibility index (Phi) is 2.37. The largest absolute Gasteiger partial charge is 0.463 e. The Bertz CT molecular complexity index is 953. The van der Waals surface area contributed by atoms with Crippen molar-refractivity contribution < 1.29 is 4.74 Å². The van der Waals surface area contributed by atoms with E-state index < -0.39 is 0 Å². The van der Waals surface area contributed by atoms with Crippen LogP contribution in [0.2, 0.25) is 0 Å². The van der Waals surface area contributed by atoms with Crippen LogP contribution in [0.15, 0.2) is 36.9 Å². The van der Waals surface area contributed by atoms with Gasteiger partial charge in [0.25, 0.3) is 0 Å². The number of ether oxygens (including phenoxy) is 1. The zero-order valence-corrected chi connectivity index (χ0v) is 11.3. The van der Waals surface area contributed by atoms with Gasteiger partial charge in [0.05, 0.1) is 15.8 Å². The lowest BCUT2D eigenvalue weighted by atomic mass is 10.2. The van der Waals surface area contributed by atoms with Crippen LogP contribution in [0, 0.1) is 9.75 Å². The van der Waals surface area contributed by atoms with Gasteiger partial charge in [-0.3, -0.25) is 4.98 Å². The fourth-order valence-corrected chi connectivity index (χ4v) is 3.68. The molecular formula is C15H8ClNOS. The number of hydrogen-bond donors (Lipinski definition) is 0. The van der Waals surface area contributed by atoms with Gasteiger partial charge in [0, 0.05) is 32.9 Å². The Morgan fingerprint density at radius 3 is 3.11 bits per heavy atom. The molecule has 1 aliphatic carbocycles. The summed E-state index contributed by atoms with van der Waals surface area (Å²) < 4.78 is 7.96. The second-order valence-corrected chi connectivity index (χ2v) is 5.71. The van der Waals surface area contributed by atoms with E-state index in [9.17, 15) is 0 Å². The molecule has 2 nitrogen and oxygen atoms in total. The highest BCUT2D eigenvalue weighted by atomic mass is 35.5. The molecule has 0 unspecified atom stereocenters. The lowest BCUT2D eigenvalue weighted by Gasteiger charge is -2.01. The van der Waals surface area contributed by atoms with Crippen molar-refractivity contribution in [3.8, 4) is 5.75 Å². The third-order valence-electron chi connectivity index (χ3n) is 3.16. The maximum atomic E-state index is 6.31. The van der Waals surface area contributed by atoms with Crippen molar-refractivity contribution in [3.63, 3.8) is 0 Å². The van der Waals surface area contributed by atoms with Crippen LogP contribution in [-0.4, -0.2) is 4.98 Å². The summed E-state index contributed by atoms with van der Waals surface area (Å²) in [5, 5.41) is 2.78. The normalized spacial score (nSPS) is 14.9. The minimum atomic E-state index is 0.704. The molecular weight excluding hydrogens is 278 g/mol. The Hall–Kier alpha value is -1.84. The number of nitrogens with zero attached hydrogens (tertiary/aromatic N) is 1. The minimum absolute atomic E-state index is 0.704. The molecule has 0 saturated heterocycles. The summed E-state index contributed by atoms with van der Waals surface area (Å²) in [5.41, 5.74) is 1.09. The zero-order chi connectivity index (χ0) is 12.8. The number of rotatable bonds is 0. The second kappa shape index (κ2) is 4.08. The number of allylic oxidation sites excluding steroid dienone is 2. The smallest absolute Gasteiger partial charge is 0.152 e. The number of aromatic nitrogens is 1. The summed E-state index contributed by atoms with van der Waals surface area (Å²) in [6.07, 6.45) is 13.2. The molecule has 4 rings (SSSR count). The predicted molar refractivity (Wildman–Crippen MR) is 78.0 cm³/mol. The first-order chi connectivity index (χ1) is 9.34. The van der Waals surface area contributed by atoms with Crippen LogP contribution in [0.5, 0.6) is 5.75 Å². The highest BCUT2D eigenvalue weighted by Gasteiger charge is 2.13. The quantitative estimate of drug-likeness (QED) is 0.742. The highest BCUT2D eigenvalue weighted by molar-refractivity contribution is 7.08. The van der Waals surface area contributed by atoms with Crippen LogP contribution in [0.25, 0.3) is 17.2 Å². The first-order valence-corrected chi connectivity index (χ1v) is 7.02. The fraction of sp³-hybridized carbons (Fsp3) is 0. The molecule has 2 aromatic heterocycles. The summed E-state index contributed by atoms with van der Waals surface area (Å²) in [4.78, 5) is 4.16. The summed E-state index contributed by atoms with van der Waals surface area (Å²) in [6, 6.07) is 2.00. The van der Waals surface area contributed by atoms with Crippen LogP contribution in [-0.2, 0) is 0 Å². The molecule has 0 aromatic carbocycles. The van der Waals surface area contributed by atoms with Gasteiger partial charge in [0.1, 0.15) is 0 Å². The summed E-state index contributed by atoms with van der Waals surface area (Å²) in [7, 11) is 0. The lowest BCUT2D eigenvalue weighted by molar-refractivity contribution is 0.476. The van der Waals surface area contributed by atoms with E-state index in [-0.39, 0.29) is 0 Å². The third kappa shape index (κ3) is 1.59. The minimum Gasteiger partial charge on any atom is -0.463 e. The van der Waals surface area contributed by atoms with Crippen molar-refractivity contribution in [3.05, 3.63) is 61.9 Å². The molecule has 92 valence electrons. The molecule has 0 atom stereocenters. The van der Waals surface area contributed by atoms with Gasteiger partial charge in [-0.25, -0.2) is 0 Å². The average molecular weight is 286 g/mol. The van der Waals surface area contributed by atoms with Crippen molar-refractivity contribution in [2.24, 2.45) is 0 Å². The topological polar surface area (TPSA) is 22.1 Å². The third-order valence-corrected chi connectivity index (χ3v) is 4.67. The average Bonchev–Trinajstić information content (AvgIpc) is 2.77. The number of pyridine rings is 1. The molecule has 0 radical (unpaired) electrons. The van der Waals surface area contributed by atoms with E-state index in [2.05, 4.69) is 11.1 Å². The van der Waals surface area contributed by atoms with E-state index in [4.69, 9.17) is 16.3 Å². The molecule has 4 heteroatoms. The van der Waals surface area contributed by atoms with Gasteiger partial charge in [-0.15, -0.1) is 11.3 Å². The Morgan fingerprint density at radius 2 is 2.16 bits per heavy atom. The van der Waals surface area contributed by atoms with Crippen LogP contribution < -0.4 is 14.5 Å². The molecule has 2 aliphatic rings. The second-order valence-electron chi connectivity index (χ2n) is 4.25. The molecule has 0 amide bonds. The van der Waals surface area contributed by atoms with E-state index in [1.165, 1.54) is 4.53 Å². The standard InChI is InChI=1S/C15H8ClNOS/c16-12-4-3-10-14-13(2-1-7-18-14)19-15(10)9-5-6-17-8-11(9)12/h1-8H. The van der Waals surface area contributed by atoms with Crippen LogP contribution in [0.3, 0.4) is 0 Å². The Balaban J connectivity index is 2.34. The molecule has 1 aliphatic heterocycles. The van der Waals surface area contributed by atoms with Gasteiger partial charge in [-0.05, 0) is 30.4 Å². The van der Waals surface area contributed by atoms with Crippen molar-refractivity contribution in [2.45, 2.75) is 0 Å². The van der Waals surface area contributed by atoms with Gasteiger partial charge in [-0.1, -0.05) is 11.6 Å². The summed E-state index contributed by atoms with van der Waals surface area (Å²) in [5.74, 6) is 0.910. The number of halogens is 1. The van der Waals surface area contributed by atoms with Crippen molar-refractivity contribution >= 4 is 40.1 Å². The SMILES string of the molecule is ClC1=c2cnccc2=c2sc3c(c2C=C1)OC=CC=3. The summed E-state index contributed by atoms with van der Waals surface area (Å²) in [6.45, 7) is 0. The first-order valence-electron chi connectivity index (χ1n) is 5.83. The van der Waals surface area contributed by atoms with Crippen molar-refractivity contribution in [1.29, 1.82) is 0 Å². The number of thiophene rings is 1. The lowest BCUT2D eigenvalue weighted by Crippen LogP contribution is -2.05. The molecule has 3 heterocycles. The van der Waals surface area contributed by atoms with E-state index in [1.54, 1.807) is 30.0 Å². The number of fused-ring (bicyclic) bond motifs is 4. The Morgan fingerprint density at radius 1 is 1.21 bits per heavy atom. The van der Waals surface area contributed by atoms with Gasteiger partial charge in [0.2, 0.25) is 0 Å². The highest BCUT2D eigenvalue weighted by Crippen LogP contribution is 2.26. The van der Waals surface area contributed by atoms with E-state index in [0.717, 1.165) is 26.3 Å². The molecule has 19 heavy (non-hydrogen) atoms. The molecule has 0 fully saturated rings. The molecule has 0 N–H and O–H groups in total. The fourth-order valence-electron chi connectivity index (χ4n) is 2.29. The van der Waals surface area contributed by atoms with Crippen LogP contribution in [0.4, 0.5) is 0 Å². The van der Waals surface area contributed by atoms with Gasteiger partial charge in [-0.2, -0.15) is 0 Å². The van der Waals surface area contributed by atoms with E-state index in [0.29, 0.717) is 5.03 Å². The zero-order valence-electron chi connectivity index (χ0n) is 9.76. The van der Waals surface area contributed by atoms with Gasteiger partial charge in [0.15, 0.2) is 5.75 Å². The number of hydrogen-bond acceptors (Lipinski definition) is 3. The first kappa shape index (κ1) is 11.0. The molecule has 0 saturated carbocycles.